The summed E-state index contributed by atoms with van der Waals surface area (Å²) in [7, 11) is 0. The van der Waals surface area contributed by atoms with Gasteiger partial charge in [-0.2, -0.15) is 0 Å². The summed E-state index contributed by atoms with van der Waals surface area (Å²) >= 11 is 4.53. The number of benzene rings is 2. The number of nitro groups is 1. The van der Waals surface area contributed by atoms with Gasteiger partial charge < -0.3 is 4.42 Å². The van der Waals surface area contributed by atoms with Crippen LogP contribution in [-0.2, 0) is 0 Å². The van der Waals surface area contributed by atoms with Gasteiger partial charge in [0.25, 0.3) is 11.6 Å². The number of non-ortho nitro benzene ring substituents is 1. The van der Waals surface area contributed by atoms with Crippen LogP contribution in [-0.4, -0.2) is 15.8 Å². The smallest absolute Gasteiger partial charge is 0.293 e. The van der Waals surface area contributed by atoms with Crippen LogP contribution in [0, 0.1) is 10.1 Å². The van der Waals surface area contributed by atoms with E-state index in [2.05, 4.69) is 26.2 Å². The van der Waals surface area contributed by atoms with Crippen molar-refractivity contribution in [3.63, 3.8) is 0 Å². The number of rotatable bonds is 3. The third kappa shape index (κ3) is 2.99. The molecule has 0 spiro atoms. The van der Waals surface area contributed by atoms with E-state index < -0.39 is 10.8 Å². The first-order valence-electron chi connectivity index (χ1n) is 7.05. The molecule has 2 aromatic heterocycles. The third-order valence-corrected chi connectivity index (χ3v) is 4.93. The molecule has 0 saturated carbocycles. The maximum absolute atomic E-state index is 12.4. The molecule has 0 fully saturated rings. The third-order valence-electron chi connectivity index (χ3n) is 3.51. The Morgan fingerprint density at radius 3 is 2.88 bits per heavy atom. The number of furan rings is 1. The minimum Gasteiger partial charge on any atom is -0.451 e. The number of nitrogens with one attached hydrogen (secondary N) is 1. The molecular weight excluding hydrogens is 410 g/mol. The normalized spacial score (nSPS) is 11.1. The van der Waals surface area contributed by atoms with Gasteiger partial charge in [0.05, 0.1) is 15.1 Å². The number of nitrogens with zero attached hydrogens (tertiary/aromatic N) is 2. The van der Waals surface area contributed by atoms with Crippen LogP contribution in [0.15, 0.2) is 51.4 Å². The lowest BCUT2D eigenvalue weighted by Gasteiger charge is -1.96. The second kappa shape index (κ2) is 5.94. The summed E-state index contributed by atoms with van der Waals surface area (Å²) in [5.41, 5.74) is 1.17. The molecule has 0 aliphatic rings. The lowest BCUT2D eigenvalue weighted by molar-refractivity contribution is -0.384. The van der Waals surface area contributed by atoms with E-state index in [1.165, 1.54) is 12.1 Å². The number of thiazole rings is 1. The van der Waals surface area contributed by atoms with Gasteiger partial charge in [-0.3, -0.25) is 20.2 Å². The molecule has 0 aliphatic carbocycles. The number of hydrogen-bond acceptors (Lipinski definition) is 6. The molecule has 25 heavy (non-hydrogen) atoms. The van der Waals surface area contributed by atoms with Crippen molar-refractivity contribution in [3.8, 4) is 0 Å². The Hall–Kier alpha value is -2.78. The van der Waals surface area contributed by atoms with Crippen LogP contribution in [0.1, 0.15) is 10.6 Å². The van der Waals surface area contributed by atoms with Crippen LogP contribution in [0.2, 0.25) is 0 Å². The predicted molar refractivity (Wildman–Crippen MR) is 98.1 cm³/mol. The Morgan fingerprint density at radius 2 is 2.08 bits per heavy atom. The Balaban J connectivity index is 1.62. The van der Waals surface area contributed by atoms with Crippen LogP contribution >= 0.6 is 27.3 Å². The van der Waals surface area contributed by atoms with Crippen LogP contribution in [0.25, 0.3) is 21.2 Å². The Kier molecular flexibility index (Phi) is 3.74. The first-order valence-corrected chi connectivity index (χ1v) is 8.66. The van der Waals surface area contributed by atoms with E-state index in [-0.39, 0.29) is 11.4 Å². The standard InChI is InChI=1S/C16H8BrN3O4S/c17-9-1-4-12-8(5-9)6-13(24-12)15(21)19-16-18-11-3-2-10(20(22)23)7-14(11)25-16/h1-7H,(H,18,19,21). The van der Waals surface area contributed by atoms with E-state index >= 15 is 0 Å². The summed E-state index contributed by atoms with van der Waals surface area (Å²) < 4.78 is 7.05. The fraction of sp³-hybridized carbons (Fsp3) is 0. The number of aromatic nitrogens is 1. The van der Waals surface area contributed by atoms with Crippen molar-refractivity contribution in [2.75, 3.05) is 5.32 Å². The zero-order valence-corrected chi connectivity index (χ0v) is 14.8. The zero-order valence-electron chi connectivity index (χ0n) is 12.4. The van der Waals surface area contributed by atoms with Gasteiger partial charge >= 0.3 is 0 Å². The van der Waals surface area contributed by atoms with Gasteiger partial charge in [-0.05, 0) is 30.3 Å². The molecule has 0 aliphatic heterocycles. The molecular formula is C16H8BrN3O4S. The van der Waals surface area contributed by atoms with Crippen LogP contribution in [0.4, 0.5) is 10.8 Å². The summed E-state index contributed by atoms with van der Waals surface area (Å²) in [6.45, 7) is 0. The Bertz CT molecular complexity index is 1150. The number of halogens is 1. The molecule has 1 amide bonds. The van der Waals surface area contributed by atoms with Gasteiger partial charge in [0.1, 0.15) is 5.58 Å². The Labute approximate surface area is 152 Å². The van der Waals surface area contributed by atoms with Gasteiger partial charge in [-0.15, -0.1) is 0 Å². The lowest BCUT2D eigenvalue weighted by atomic mass is 10.2. The van der Waals surface area contributed by atoms with Gasteiger partial charge in [0, 0.05) is 22.0 Å². The minimum atomic E-state index is -0.468. The predicted octanol–water partition coefficient (Wildman–Crippen LogP) is 4.97. The maximum Gasteiger partial charge on any atom is 0.293 e. The van der Waals surface area contributed by atoms with E-state index in [0.29, 0.717) is 20.9 Å². The summed E-state index contributed by atoms with van der Waals surface area (Å²) in [6, 6.07) is 11.5. The van der Waals surface area contributed by atoms with Gasteiger partial charge in [0.15, 0.2) is 10.9 Å². The summed E-state index contributed by atoms with van der Waals surface area (Å²) in [6.07, 6.45) is 0. The molecule has 2 aromatic carbocycles. The summed E-state index contributed by atoms with van der Waals surface area (Å²) in [4.78, 5) is 27.0. The highest BCUT2D eigenvalue weighted by molar-refractivity contribution is 9.10. The molecule has 2 heterocycles. The molecule has 4 rings (SSSR count). The highest BCUT2D eigenvalue weighted by atomic mass is 79.9. The van der Waals surface area contributed by atoms with Crippen molar-refractivity contribution in [2.24, 2.45) is 0 Å². The molecule has 0 unspecified atom stereocenters. The van der Waals surface area contributed by atoms with E-state index in [9.17, 15) is 14.9 Å². The first kappa shape index (κ1) is 15.7. The number of nitro benzene ring substituents is 1. The first-order chi connectivity index (χ1) is 12.0. The van der Waals surface area contributed by atoms with Crippen LogP contribution < -0.4 is 5.32 Å². The molecule has 4 aromatic rings. The number of fused-ring (bicyclic) bond motifs is 2. The van der Waals surface area contributed by atoms with E-state index in [1.54, 1.807) is 18.2 Å². The SMILES string of the molecule is O=C(Nc1nc2ccc([N+](=O)[O-])cc2s1)c1cc2cc(Br)ccc2o1. The topological polar surface area (TPSA) is 98.3 Å². The fourth-order valence-corrected chi connectivity index (χ4v) is 3.64. The summed E-state index contributed by atoms with van der Waals surface area (Å²) in [5, 5.41) is 14.6. The number of amides is 1. The van der Waals surface area contributed by atoms with Crippen molar-refractivity contribution in [1.82, 2.24) is 4.98 Å². The monoisotopic (exact) mass is 417 g/mol. The fourth-order valence-electron chi connectivity index (χ4n) is 2.37. The molecule has 0 radical (unpaired) electrons. The van der Waals surface area contributed by atoms with E-state index in [0.717, 1.165) is 21.2 Å². The van der Waals surface area contributed by atoms with Crippen molar-refractivity contribution >= 4 is 65.2 Å². The molecule has 7 nitrogen and oxygen atoms in total. The number of carbonyl (C=O) groups is 1. The van der Waals surface area contributed by atoms with Crippen molar-refractivity contribution in [3.05, 3.63) is 62.8 Å². The molecule has 0 bridgehead atoms. The van der Waals surface area contributed by atoms with Gasteiger partial charge in [0.2, 0.25) is 0 Å². The molecule has 0 atom stereocenters. The minimum absolute atomic E-state index is 0.0168. The highest BCUT2D eigenvalue weighted by Crippen LogP contribution is 2.30. The average molecular weight is 418 g/mol. The quantitative estimate of drug-likeness (QED) is 0.374. The summed E-state index contributed by atoms with van der Waals surface area (Å²) in [5.74, 6) is -0.265. The molecule has 9 heteroatoms. The molecule has 1 N–H and O–H groups in total. The Morgan fingerprint density at radius 1 is 1.24 bits per heavy atom. The average Bonchev–Trinajstić information content (AvgIpc) is 3.16. The van der Waals surface area contributed by atoms with Crippen molar-refractivity contribution in [2.45, 2.75) is 0 Å². The van der Waals surface area contributed by atoms with Gasteiger partial charge in [-0.25, -0.2) is 4.98 Å². The number of hydrogen-bond donors (Lipinski definition) is 1. The highest BCUT2D eigenvalue weighted by Gasteiger charge is 2.16. The zero-order chi connectivity index (χ0) is 17.6. The van der Waals surface area contributed by atoms with Crippen molar-refractivity contribution < 1.29 is 14.1 Å². The van der Waals surface area contributed by atoms with Crippen LogP contribution in [0.3, 0.4) is 0 Å². The van der Waals surface area contributed by atoms with E-state index in [1.807, 2.05) is 12.1 Å². The van der Waals surface area contributed by atoms with Crippen LogP contribution in [0.5, 0.6) is 0 Å². The number of carbonyl (C=O) groups excluding carboxylic acids is 1. The molecule has 0 saturated heterocycles. The maximum atomic E-state index is 12.4. The van der Waals surface area contributed by atoms with Crippen molar-refractivity contribution in [1.29, 1.82) is 0 Å². The lowest BCUT2D eigenvalue weighted by Crippen LogP contribution is -2.10. The van der Waals surface area contributed by atoms with Gasteiger partial charge in [-0.1, -0.05) is 27.3 Å². The second-order valence-electron chi connectivity index (χ2n) is 5.18. The largest absolute Gasteiger partial charge is 0.451 e. The molecule has 124 valence electrons. The van der Waals surface area contributed by atoms with E-state index in [4.69, 9.17) is 4.42 Å². The second-order valence-corrected chi connectivity index (χ2v) is 7.12. The number of anilines is 1.